The lowest BCUT2D eigenvalue weighted by Gasteiger charge is -2.30. The summed E-state index contributed by atoms with van der Waals surface area (Å²) in [5.41, 5.74) is 0. The van der Waals surface area contributed by atoms with E-state index in [1.54, 1.807) is 14.0 Å². The number of hydrogen-bond acceptors (Lipinski definition) is 3. The minimum Gasteiger partial charge on any atom is -0.381 e. The lowest BCUT2D eigenvalue weighted by Crippen LogP contribution is -2.37. The molecule has 3 heteroatoms. The van der Waals surface area contributed by atoms with E-state index in [9.17, 15) is 4.79 Å². The summed E-state index contributed by atoms with van der Waals surface area (Å²) in [6.07, 6.45) is 3.34. The third kappa shape index (κ3) is 3.87. The molecule has 3 nitrogen and oxygen atoms in total. The second-order valence-electron chi connectivity index (χ2n) is 3.73. The van der Waals surface area contributed by atoms with Crippen LogP contribution in [0.4, 0.5) is 0 Å². The highest BCUT2D eigenvalue weighted by Crippen LogP contribution is 2.12. The van der Waals surface area contributed by atoms with Gasteiger partial charge in [0.2, 0.25) is 0 Å². The zero-order valence-corrected chi connectivity index (χ0v) is 8.58. The Hall–Kier alpha value is -0.410. The smallest absolute Gasteiger partial charge is 0.131 e. The van der Waals surface area contributed by atoms with Gasteiger partial charge in [-0.2, -0.15) is 0 Å². The maximum absolute atomic E-state index is 10.8. The van der Waals surface area contributed by atoms with Gasteiger partial charge < -0.3 is 9.64 Å². The molecule has 0 aliphatic carbocycles. The van der Waals surface area contributed by atoms with Crippen molar-refractivity contribution in [2.45, 2.75) is 32.3 Å². The predicted octanol–water partition coefficient (Wildman–Crippen LogP) is 1.08. The number of piperidine rings is 1. The van der Waals surface area contributed by atoms with Gasteiger partial charge in [-0.15, -0.1) is 0 Å². The first-order valence-corrected chi connectivity index (χ1v) is 4.97. The van der Waals surface area contributed by atoms with Gasteiger partial charge in [-0.1, -0.05) is 0 Å². The number of Topliss-reactive ketones (excluding diaryl/α,β-unsaturated/α-hetero) is 1. The summed E-state index contributed by atoms with van der Waals surface area (Å²) < 4.78 is 5.27. The van der Waals surface area contributed by atoms with Crippen LogP contribution in [0.1, 0.15) is 26.2 Å². The summed E-state index contributed by atoms with van der Waals surface area (Å²) in [6.45, 7) is 4.73. The van der Waals surface area contributed by atoms with Gasteiger partial charge in [-0.3, -0.25) is 4.79 Å². The molecule has 0 aromatic heterocycles. The third-order valence-electron chi connectivity index (χ3n) is 2.65. The molecule has 1 rings (SSSR count). The molecule has 76 valence electrons. The van der Waals surface area contributed by atoms with E-state index in [0.29, 0.717) is 12.5 Å². The van der Waals surface area contributed by atoms with Crippen LogP contribution in [0, 0.1) is 0 Å². The number of carbonyl (C=O) groups excluding carboxylic acids is 1. The van der Waals surface area contributed by atoms with E-state index in [1.165, 1.54) is 0 Å². The summed E-state index contributed by atoms with van der Waals surface area (Å²) in [5.74, 6) is 0.286. The summed E-state index contributed by atoms with van der Waals surface area (Å²) in [7, 11) is 1.77. The third-order valence-corrected chi connectivity index (χ3v) is 2.65. The first kappa shape index (κ1) is 10.7. The van der Waals surface area contributed by atoms with Crippen LogP contribution in [0.3, 0.4) is 0 Å². The summed E-state index contributed by atoms with van der Waals surface area (Å²) in [5, 5.41) is 0. The van der Waals surface area contributed by atoms with Gasteiger partial charge in [-0.05, 0) is 19.8 Å². The highest BCUT2D eigenvalue weighted by Gasteiger charge is 2.18. The standard InChI is InChI=1S/C10H19NO2/c1-9(12)3-6-11-7-4-10(13-2)5-8-11/h10H,3-8H2,1-2H3. The molecule has 0 aromatic rings. The van der Waals surface area contributed by atoms with Crippen molar-refractivity contribution >= 4 is 5.78 Å². The number of hydrogen-bond donors (Lipinski definition) is 0. The van der Waals surface area contributed by atoms with Crippen molar-refractivity contribution in [3.8, 4) is 0 Å². The predicted molar refractivity (Wildman–Crippen MR) is 51.8 cm³/mol. The largest absolute Gasteiger partial charge is 0.381 e. The summed E-state index contributed by atoms with van der Waals surface area (Å²) in [4.78, 5) is 13.1. The number of likely N-dealkylation sites (tertiary alicyclic amines) is 1. The number of rotatable bonds is 4. The van der Waals surface area contributed by atoms with Crippen molar-refractivity contribution in [1.29, 1.82) is 0 Å². The fraction of sp³-hybridized carbons (Fsp3) is 0.900. The molecule has 0 amide bonds. The number of ketones is 1. The van der Waals surface area contributed by atoms with Crippen LogP contribution in [0.25, 0.3) is 0 Å². The van der Waals surface area contributed by atoms with Crippen LogP contribution in [-0.2, 0) is 9.53 Å². The van der Waals surface area contributed by atoms with E-state index < -0.39 is 0 Å². The average Bonchev–Trinajstić information content (AvgIpc) is 2.15. The molecule has 1 fully saturated rings. The van der Waals surface area contributed by atoms with Crippen LogP contribution in [-0.4, -0.2) is 43.5 Å². The van der Waals surface area contributed by atoms with Gasteiger partial charge in [-0.25, -0.2) is 0 Å². The molecule has 0 atom stereocenters. The monoisotopic (exact) mass is 185 g/mol. The molecular formula is C10H19NO2. The van der Waals surface area contributed by atoms with Crippen LogP contribution in [0.15, 0.2) is 0 Å². The van der Waals surface area contributed by atoms with E-state index in [4.69, 9.17) is 4.74 Å². The number of nitrogens with zero attached hydrogens (tertiary/aromatic N) is 1. The highest BCUT2D eigenvalue weighted by atomic mass is 16.5. The SMILES string of the molecule is COC1CCN(CCC(C)=O)CC1. The van der Waals surface area contributed by atoms with E-state index in [0.717, 1.165) is 32.5 Å². The molecular weight excluding hydrogens is 166 g/mol. The first-order valence-electron chi connectivity index (χ1n) is 4.97. The normalized spacial score (nSPS) is 20.5. The Bertz CT molecular complexity index is 162. The van der Waals surface area contributed by atoms with Crippen LogP contribution in [0.2, 0.25) is 0 Å². The zero-order chi connectivity index (χ0) is 9.68. The van der Waals surface area contributed by atoms with Crippen molar-refractivity contribution < 1.29 is 9.53 Å². The molecule has 0 aromatic carbocycles. The van der Waals surface area contributed by atoms with E-state index >= 15 is 0 Å². The molecule has 1 heterocycles. The molecule has 13 heavy (non-hydrogen) atoms. The summed E-state index contributed by atoms with van der Waals surface area (Å²) >= 11 is 0. The molecule has 0 saturated carbocycles. The Kier molecular flexibility index (Phi) is 4.39. The van der Waals surface area contributed by atoms with Gasteiger partial charge in [0, 0.05) is 33.2 Å². The van der Waals surface area contributed by atoms with Gasteiger partial charge >= 0.3 is 0 Å². The molecule has 0 N–H and O–H groups in total. The fourth-order valence-electron chi connectivity index (χ4n) is 1.68. The Morgan fingerprint density at radius 2 is 2.08 bits per heavy atom. The molecule has 1 aliphatic rings. The number of carbonyl (C=O) groups is 1. The van der Waals surface area contributed by atoms with E-state index in [1.807, 2.05) is 0 Å². The fourth-order valence-corrected chi connectivity index (χ4v) is 1.68. The quantitative estimate of drug-likeness (QED) is 0.656. The zero-order valence-electron chi connectivity index (χ0n) is 8.58. The second-order valence-corrected chi connectivity index (χ2v) is 3.73. The minimum absolute atomic E-state index is 0.286. The van der Waals surface area contributed by atoms with Crippen molar-refractivity contribution in [3.05, 3.63) is 0 Å². The van der Waals surface area contributed by atoms with Crippen LogP contribution in [0.5, 0.6) is 0 Å². The molecule has 1 aliphatic heterocycles. The van der Waals surface area contributed by atoms with E-state index in [-0.39, 0.29) is 5.78 Å². The highest BCUT2D eigenvalue weighted by molar-refractivity contribution is 5.75. The first-order chi connectivity index (χ1) is 6.22. The molecule has 0 spiro atoms. The molecule has 0 bridgehead atoms. The Morgan fingerprint density at radius 3 is 2.54 bits per heavy atom. The van der Waals surface area contributed by atoms with Gasteiger partial charge in [0.1, 0.15) is 5.78 Å². The maximum atomic E-state index is 10.8. The molecule has 1 saturated heterocycles. The second kappa shape index (κ2) is 5.35. The van der Waals surface area contributed by atoms with Crippen molar-refractivity contribution in [1.82, 2.24) is 4.90 Å². The molecule has 0 radical (unpaired) electrons. The number of methoxy groups -OCH3 is 1. The van der Waals surface area contributed by atoms with Gasteiger partial charge in [0.05, 0.1) is 6.10 Å². The maximum Gasteiger partial charge on any atom is 0.131 e. The van der Waals surface area contributed by atoms with Crippen molar-refractivity contribution in [2.24, 2.45) is 0 Å². The summed E-state index contributed by atoms with van der Waals surface area (Å²) in [6, 6.07) is 0. The van der Waals surface area contributed by atoms with Crippen molar-refractivity contribution in [2.75, 3.05) is 26.7 Å². The van der Waals surface area contributed by atoms with Crippen molar-refractivity contribution in [3.63, 3.8) is 0 Å². The van der Waals surface area contributed by atoms with Gasteiger partial charge in [0.15, 0.2) is 0 Å². The Morgan fingerprint density at radius 1 is 1.46 bits per heavy atom. The Balaban J connectivity index is 2.14. The average molecular weight is 185 g/mol. The minimum atomic E-state index is 0.286. The topological polar surface area (TPSA) is 29.5 Å². The van der Waals surface area contributed by atoms with E-state index in [2.05, 4.69) is 4.90 Å². The number of ether oxygens (including phenoxy) is 1. The van der Waals surface area contributed by atoms with Crippen LogP contribution >= 0.6 is 0 Å². The van der Waals surface area contributed by atoms with Crippen LogP contribution < -0.4 is 0 Å². The Labute approximate surface area is 80.1 Å². The van der Waals surface area contributed by atoms with Gasteiger partial charge in [0.25, 0.3) is 0 Å². The lowest BCUT2D eigenvalue weighted by atomic mass is 10.1. The lowest BCUT2D eigenvalue weighted by molar-refractivity contribution is -0.117. The molecule has 0 unspecified atom stereocenters.